The van der Waals surface area contributed by atoms with Crippen molar-refractivity contribution in [3.8, 4) is 0 Å². The summed E-state index contributed by atoms with van der Waals surface area (Å²) < 4.78 is 0.541. The lowest BCUT2D eigenvalue weighted by Crippen LogP contribution is -2.48. The minimum Gasteiger partial charge on any atom is -0.336 e. The Bertz CT molecular complexity index is 779. The van der Waals surface area contributed by atoms with Gasteiger partial charge >= 0.3 is 0 Å². The first-order valence-corrected chi connectivity index (χ1v) is 11.7. The van der Waals surface area contributed by atoms with E-state index in [1.165, 1.54) is 28.2 Å². The molecule has 2 aromatic rings. The lowest BCUT2D eigenvalue weighted by atomic mass is 10.1. The normalized spacial score (nSPS) is 18.8. The molecule has 0 radical (unpaired) electrons. The van der Waals surface area contributed by atoms with Crippen LogP contribution >= 0.6 is 23.5 Å². The quantitative estimate of drug-likeness (QED) is 0.760. The molecule has 27 heavy (non-hydrogen) atoms. The minimum atomic E-state index is 0.170. The summed E-state index contributed by atoms with van der Waals surface area (Å²) in [6.45, 7) is 6.59. The Hall–Kier alpha value is -1.43. The van der Waals surface area contributed by atoms with Gasteiger partial charge in [0.2, 0.25) is 0 Å². The average Bonchev–Trinajstić information content (AvgIpc) is 3.23. The Morgan fingerprint density at radius 2 is 1.70 bits per heavy atom. The van der Waals surface area contributed by atoms with E-state index in [-0.39, 0.29) is 5.91 Å². The largest absolute Gasteiger partial charge is 0.336 e. The fourth-order valence-electron chi connectivity index (χ4n) is 3.69. The topological polar surface area (TPSA) is 23.6 Å². The summed E-state index contributed by atoms with van der Waals surface area (Å²) in [6.07, 6.45) is 0. The molecular formula is C22H26N2OS2. The molecule has 0 saturated carbocycles. The fourth-order valence-corrected chi connectivity index (χ4v) is 6.55. The van der Waals surface area contributed by atoms with E-state index in [9.17, 15) is 4.79 Å². The second-order valence-corrected chi connectivity index (χ2v) is 9.98. The zero-order valence-corrected chi connectivity index (χ0v) is 17.4. The molecule has 0 atom stereocenters. The van der Waals surface area contributed by atoms with Gasteiger partial charge in [0.25, 0.3) is 5.91 Å². The van der Waals surface area contributed by atoms with Crippen LogP contribution in [0.25, 0.3) is 0 Å². The first-order valence-electron chi connectivity index (χ1n) is 9.59. The van der Waals surface area contributed by atoms with Gasteiger partial charge < -0.3 is 4.90 Å². The molecule has 0 bridgehead atoms. The highest BCUT2D eigenvalue weighted by Gasteiger charge is 2.23. The van der Waals surface area contributed by atoms with Crippen molar-refractivity contribution < 1.29 is 4.79 Å². The Kier molecular flexibility index (Phi) is 6.11. The van der Waals surface area contributed by atoms with Gasteiger partial charge in [0, 0.05) is 49.8 Å². The highest BCUT2D eigenvalue weighted by atomic mass is 32.2. The van der Waals surface area contributed by atoms with Crippen LogP contribution in [0, 0.1) is 6.92 Å². The molecule has 2 aromatic carbocycles. The number of rotatable bonds is 4. The zero-order valence-electron chi connectivity index (χ0n) is 15.8. The predicted molar refractivity (Wildman–Crippen MR) is 116 cm³/mol. The van der Waals surface area contributed by atoms with Crippen LogP contribution in [0.4, 0.5) is 0 Å². The number of hydrogen-bond acceptors (Lipinski definition) is 4. The van der Waals surface area contributed by atoms with Crippen molar-refractivity contribution in [2.75, 3.05) is 37.7 Å². The maximum absolute atomic E-state index is 12.8. The van der Waals surface area contributed by atoms with E-state index in [0.29, 0.717) is 4.58 Å². The predicted octanol–water partition coefficient (Wildman–Crippen LogP) is 4.43. The lowest BCUT2D eigenvalue weighted by Gasteiger charge is -2.35. The molecule has 4 rings (SSSR count). The van der Waals surface area contributed by atoms with Crippen LogP contribution in [0.15, 0.2) is 48.5 Å². The van der Waals surface area contributed by atoms with Crippen LogP contribution in [0.3, 0.4) is 0 Å². The molecule has 1 amide bonds. The Balaban J connectivity index is 1.31. The molecule has 2 saturated heterocycles. The molecule has 2 fully saturated rings. The van der Waals surface area contributed by atoms with Crippen molar-refractivity contribution in [1.82, 2.24) is 9.80 Å². The SMILES string of the molecule is Cc1cccc(CN2CCN(C(=O)c3ccc(C4SCCS4)cc3)CC2)c1. The molecule has 2 aliphatic heterocycles. The third-order valence-corrected chi connectivity index (χ3v) is 8.30. The molecule has 142 valence electrons. The number of hydrogen-bond donors (Lipinski definition) is 0. The van der Waals surface area contributed by atoms with E-state index < -0.39 is 0 Å². The van der Waals surface area contributed by atoms with Gasteiger partial charge in [0.15, 0.2) is 0 Å². The number of benzene rings is 2. The third kappa shape index (κ3) is 4.71. The first-order chi connectivity index (χ1) is 13.2. The van der Waals surface area contributed by atoms with E-state index >= 15 is 0 Å². The monoisotopic (exact) mass is 398 g/mol. The van der Waals surface area contributed by atoms with Crippen molar-refractivity contribution in [2.45, 2.75) is 18.1 Å². The number of amides is 1. The fraction of sp³-hybridized carbons (Fsp3) is 0.409. The number of nitrogens with zero attached hydrogens (tertiary/aromatic N) is 2. The molecule has 2 heterocycles. The van der Waals surface area contributed by atoms with Gasteiger partial charge in [0.1, 0.15) is 0 Å². The number of carbonyl (C=O) groups excluding carboxylic acids is 1. The molecule has 0 N–H and O–H groups in total. The second kappa shape index (κ2) is 8.72. The van der Waals surface area contributed by atoms with Crippen LogP contribution in [0.2, 0.25) is 0 Å². The number of thioether (sulfide) groups is 2. The maximum Gasteiger partial charge on any atom is 0.253 e. The Morgan fingerprint density at radius 1 is 1.00 bits per heavy atom. The van der Waals surface area contributed by atoms with Crippen LogP contribution in [0.1, 0.15) is 31.6 Å². The van der Waals surface area contributed by atoms with E-state index in [4.69, 9.17) is 0 Å². The average molecular weight is 399 g/mol. The number of piperazine rings is 1. The first kappa shape index (κ1) is 18.9. The zero-order chi connectivity index (χ0) is 18.6. The highest BCUT2D eigenvalue weighted by Crippen LogP contribution is 2.45. The third-order valence-electron chi connectivity index (χ3n) is 5.20. The smallest absolute Gasteiger partial charge is 0.253 e. The molecule has 0 unspecified atom stereocenters. The molecule has 0 spiro atoms. The molecule has 3 nitrogen and oxygen atoms in total. The summed E-state index contributed by atoms with van der Waals surface area (Å²) in [5.74, 6) is 2.62. The summed E-state index contributed by atoms with van der Waals surface area (Å²) >= 11 is 4.00. The van der Waals surface area contributed by atoms with Crippen LogP contribution in [-0.2, 0) is 6.54 Å². The van der Waals surface area contributed by atoms with E-state index in [1.807, 2.05) is 40.6 Å². The molecular weight excluding hydrogens is 372 g/mol. The van der Waals surface area contributed by atoms with Crippen molar-refractivity contribution in [2.24, 2.45) is 0 Å². The van der Waals surface area contributed by atoms with E-state index in [2.05, 4.69) is 48.2 Å². The molecule has 5 heteroatoms. The number of aryl methyl sites for hydroxylation is 1. The van der Waals surface area contributed by atoms with Crippen LogP contribution in [-0.4, -0.2) is 53.4 Å². The van der Waals surface area contributed by atoms with Gasteiger partial charge in [-0.3, -0.25) is 9.69 Å². The van der Waals surface area contributed by atoms with Crippen molar-refractivity contribution in [1.29, 1.82) is 0 Å². The van der Waals surface area contributed by atoms with Gasteiger partial charge in [-0.25, -0.2) is 0 Å². The van der Waals surface area contributed by atoms with E-state index in [1.54, 1.807) is 0 Å². The second-order valence-electron chi connectivity index (χ2n) is 7.25. The Morgan fingerprint density at radius 3 is 2.37 bits per heavy atom. The highest BCUT2D eigenvalue weighted by molar-refractivity contribution is 8.19. The van der Waals surface area contributed by atoms with Gasteiger partial charge in [-0.15, -0.1) is 23.5 Å². The van der Waals surface area contributed by atoms with Crippen molar-refractivity contribution in [3.05, 3.63) is 70.8 Å². The molecule has 2 aliphatic rings. The van der Waals surface area contributed by atoms with E-state index in [0.717, 1.165) is 38.3 Å². The van der Waals surface area contributed by atoms with Gasteiger partial charge in [-0.2, -0.15) is 0 Å². The number of carbonyl (C=O) groups is 1. The van der Waals surface area contributed by atoms with Crippen LogP contribution in [0.5, 0.6) is 0 Å². The summed E-state index contributed by atoms with van der Waals surface area (Å²) in [6, 6.07) is 17.0. The minimum absolute atomic E-state index is 0.170. The van der Waals surface area contributed by atoms with Gasteiger partial charge in [-0.05, 0) is 30.2 Å². The summed E-state index contributed by atoms with van der Waals surface area (Å²) in [4.78, 5) is 17.3. The molecule has 0 aliphatic carbocycles. The lowest BCUT2D eigenvalue weighted by molar-refractivity contribution is 0.0628. The van der Waals surface area contributed by atoms with Crippen molar-refractivity contribution >= 4 is 29.4 Å². The standard InChI is InChI=1S/C22H26N2OS2/c1-17-3-2-4-18(15-17)16-23-9-11-24(12-10-23)21(25)19-5-7-20(8-6-19)22-26-13-14-27-22/h2-8,15,22H,9-14,16H2,1H3. The van der Waals surface area contributed by atoms with Crippen LogP contribution < -0.4 is 0 Å². The Labute approximate surface area is 170 Å². The van der Waals surface area contributed by atoms with Crippen molar-refractivity contribution in [3.63, 3.8) is 0 Å². The summed E-state index contributed by atoms with van der Waals surface area (Å²) in [7, 11) is 0. The molecule has 0 aromatic heterocycles. The summed E-state index contributed by atoms with van der Waals surface area (Å²) in [5, 5.41) is 0. The van der Waals surface area contributed by atoms with Gasteiger partial charge in [0.05, 0.1) is 4.58 Å². The summed E-state index contributed by atoms with van der Waals surface area (Å²) in [5.41, 5.74) is 4.81. The van der Waals surface area contributed by atoms with Gasteiger partial charge in [-0.1, -0.05) is 42.0 Å². The maximum atomic E-state index is 12.8.